The number of methoxy groups -OCH3 is 1. The molecule has 0 bridgehead atoms. The Kier molecular flexibility index (Phi) is 7.13. The lowest BCUT2D eigenvalue weighted by Gasteiger charge is -2.40. The molecule has 0 saturated heterocycles. The van der Waals surface area contributed by atoms with Gasteiger partial charge in [-0.1, -0.05) is 11.6 Å². The van der Waals surface area contributed by atoms with Crippen LogP contribution in [0.5, 0.6) is 5.75 Å². The number of halogens is 2. The highest BCUT2D eigenvalue weighted by Crippen LogP contribution is 2.45. The van der Waals surface area contributed by atoms with Crippen LogP contribution < -0.4 is 9.64 Å². The van der Waals surface area contributed by atoms with Gasteiger partial charge in [0.1, 0.15) is 39.4 Å². The summed E-state index contributed by atoms with van der Waals surface area (Å²) in [6.07, 6.45) is 7.96. The van der Waals surface area contributed by atoms with E-state index in [-0.39, 0.29) is 34.6 Å². The Labute approximate surface area is 229 Å². The van der Waals surface area contributed by atoms with E-state index in [0.29, 0.717) is 16.9 Å². The molecular formula is C24H25ClFN9O3S. The van der Waals surface area contributed by atoms with Gasteiger partial charge < -0.3 is 9.64 Å². The van der Waals surface area contributed by atoms with Crippen molar-refractivity contribution in [2.45, 2.75) is 6.54 Å². The fourth-order valence-corrected chi connectivity index (χ4v) is 5.20. The normalized spacial score (nSPS) is 12.3. The molecule has 0 saturated carbocycles. The molecular weight excluding hydrogens is 549 g/mol. The Balaban J connectivity index is 1.67. The molecule has 4 aromatic heterocycles. The molecule has 0 amide bonds. The van der Waals surface area contributed by atoms with E-state index in [1.54, 1.807) is 42.5 Å². The van der Waals surface area contributed by atoms with Crippen molar-refractivity contribution >= 4 is 45.2 Å². The number of anilines is 2. The third kappa shape index (κ3) is 4.99. The summed E-state index contributed by atoms with van der Waals surface area (Å²) < 4.78 is 46.4. The van der Waals surface area contributed by atoms with Crippen LogP contribution in [0.3, 0.4) is 0 Å². The van der Waals surface area contributed by atoms with Crippen LogP contribution in [0.25, 0.3) is 22.4 Å². The van der Waals surface area contributed by atoms with Gasteiger partial charge in [-0.25, -0.2) is 23.3 Å². The molecule has 39 heavy (non-hydrogen) atoms. The Hall–Kier alpha value is -3.82. The Bertz CT molecular complexity index is 1660. The molecule has 1 aromatic carbocycles. The largest absolute Gasteiger partial charge is 0.495 e. The molecule has 0 fully saturated rings. The quantitative estimate of drug-likeness (QED) is 0.268. The van der Waals surface area contributed by atoms with Crippen LogP contribution in [0.1, 0.15) is 5.82 Å². The van der Waals surface area contributed by atoms with Crippen LogP contribution in [0.4, 0.5) is 15.9 Å². The molecule has 0 spiro atoms. The predicted molar refractivity (Wildman–Crippen MR) is 148 cm³/mol. The molecule has 0 radical (unpaired) electrons. The number of hydrogen-bond donors (Lipinski definition) is 2. The van der Waals surface area contributed by atoms with Crippen LogP contribution in [0.15, 0.2) is 55.2 Å². The highest BCUT2D eigenvalue weighted by Gasteiger charge is 2.27. The Morgan fingerprint density at radius 3 is 2.59 bits per heavy atom. The van der Waals surface area contributed by atoms with Gasteiger partial charge in [0.05, 0.1) is 31.7 Å². The van der Waals surface area contributed by atoms with Gasteiger partial charge in [0.25, 0.3) is 0 Å². The van der Waals surface area contributed by atoms with Crippen LogP contribution >= 0.6 is 22.6 Å². The summed E-state index contributed by atoms with van der Waals surface area (Å²) in [5.41, 5.74) is 2.11. The zero-order valence-electron chi connectivity index (χ0n) is 21.4. The second kappa shape index (κ2) is 10.4. The third-order valence-electron chi connectivity index (χ3n) is 5.92. The lowest BCUT2D eigenvalue weighted by molar-refractivity contribution is 0.400. The molecule has 0 unspecified atom stereocenters. The second-order valence-electron chi connectivity index (χ2n) is 8.64. The van der Waals surface area contributed by atoms with E-state index < -0.39 is 16.8 Å². The Morgan fingerprint density at radius 1 is 1.10 bits per heavy atom. The number of aromatic nitrogens is 7. The number of benzene rings is 1. The standard InChI is InChI=1S/C24H25ClFN9O3S/c1-32(2)39(36,37)35-10-9-27-21(35)14-34(23-16(26)5-7-19(38-4)22(23)25)20-8-6-17-24(31-20)30-18(12-28-17)15-11-29-33(3)13-15/h5-13,36-37H,14H2,1-4H3. The first-order valence-corrected chi connectivity index (χ1v) is 13.3. The van der Waals surface area contributed by atoms with Crippen LogP contribution in [-0.4, -0.2) is 68.3 Å². The lowest BCUT2D eigenvalue weighted by Crippen LogP contribution is -2.28. The highest BCUT2D eigenvalue weighted by atomic mass is 35.5. The van der Waals surface area contributed by atoms with E-state index in [0.717, 1.165) is 5.56 Å². The number of fused-ring (bicyclic) bond motifs is 1. The SMILES string of the molecule is COc1ccc(F)c(N(Cc2nccn2S(O)(O)N(C)C)c2ccc3ncc(-c4cnn(C)c4)nc3n2)c1Cl. The van der Waals surface area contributed by atoms with E-state index in [9.17, 15) is 9.11 Å². The van der Waals surface area contributed by atoms with Crippen molar-refractivity contribution in [2.24, 2.45) is 7.05 Å². The van der Waals surface area contributed by atoms with Crippen molar-refractivity contribution in [1.29, 1.82) is 0 Å². The van der Waals surface area contributed by atoms with Gasteiger partial charge >= 0.3 is 0 Å². The van der Waals surface area contributed by atoms with Crippen molar-refractivity contribution < 1.29 is 18.2 Å². The molecule has 5 rings (SSSR count). The number of imidazole rings is 1. The average Bonchev–Trinajstić information content (AvgIpc) is 3.57. The van der Waals surface area contributed by atoms with Gasteiger partial charge in [-0.3, -0.25) is 18.8 Å². The van der Waals surface area contributed by atoms with Gasteiger partial charge in [0, 0.05) is 45.3 Å². The minimum Gasteiger partial charge on any atom is -0.495 e. The summed E-state index contributed by atoms with van der Waals surface area (Å²) in [6.45, 7) is -0.130. The Morgan fingerprint density at radius 2 is 1.90 bits per heavy atom. The van der Waals surface area contributed by atoms with Crippen molar-refractivity contribution in [3.8, 4) is 17.0 Å². The molecule has 204 valence electrons. The molecule has 15 heteroatoms. The smallest absolute Gasteiger partial charge is 0.180 e. The topological polar surface area (TPSA) is 130 Å². The van der Waals surface area contributed by atoms with Crippen molar-refractivity contribution in [2.75, 3.05) is 26.1 Å². The van der Waals surface area contributed by atoms with Crippen LogP contribution in [-0.2, 0) is 13.6 Å². The monoisotopic (exact) mass is 573 g/mol. The van der Waals surface area contributed by atoms with Crippen LogP contribution in [0, 0.1) is 5.82 Å². The van der Waals surface area contributed by atoms with Crippen molar-refractivity contribution in [1.82, 2.24) is 38.0 Å². The second-order valence-corrected chi connectivity index (χ2v) is 11.1. The number of aryl methyl sites for hydroxylation is 1. The average molecular weight is 574 g/mol. The first kappa shape index (κ1) is 26.8. The maximum Gasteiger partial charge on any atom is 0.180 e. The van der Waals surface area contributed by atoms with Gasteiger partial charge in [0.15, 0.2) is 5.65 Å². The molecule has 0 aliphatic heterocycles. The predicted octanol–water partition coefficient (Wildman–Crippen LogP) is 4.75. The minimum absolute atomic E-state index is 0.00640. The first-order chi connectivity index (χ1) is 18.6. The van der Waals surface area contributed by atoms with Gasteiger partial charge in [-0.15, -0.1) is 0 Å². The van der Waals surface area contributed by atoms with Crippen LogP contribution in [0.2, 0.25) is 5.02 Å². The van der Waals surface area contributed by atoms with Gasteiger partial charge in [0.2, 0.25) is 0 Å². The maximum absolute atomic E-state index is 15.4. The third-order valence-corrected chi connectivity index (χ3v) is 8.13. The van der Waals surface area contributed by atoms with E-state index in [1.165, 1.54) is 58.9 Å². The highest BCUT2D eigenvalue weighted by molar-refractivity contribution is 8.20. The van der Waals surface area contributed by atoms with E-state index >= 15 is 4.39 Å². The number of hydrogen-bond acceptors (Lipinski definition) is 10. The molecule has 0 atom stereocenters. The molecule has 2 N–H and O–H groups in total. The number of nitrogens with zero attached hydrogens (tertiary/aromatic N) is 9. The summed E-state index contributed by atoms with van der Waals surface area (Å²) in [6, 6.07) is 6.00. The van der Waals surface area contributed by atoms with Crippen molar-refractivity contribution in [3.63, 3.8) is 0 Å². The molecule has 4 heterocycles. The summed E-state index contributed by atoms with van der Waals surface area (Å²) in [5.74, 6) is 0.0952. The molecule has 12 nitrogen and oxygen atoms in total. The molecule has 5 aromatic rings. The number of rotatable bonds is 8. The molecule has 0 aliphatic rings. The lowest BCUT2D eigenvalue weighted by atomic mass is 10.2. The van der Waals surface area contributed by atoms with E-state index in [2.05, 4.69) is 25.0 Å². The van der Waals surface area contributed by atoms with E-state index in [1.807, 2.05) is 0 Å². The first-order valence-electron chi connectivity index (χ1n) is 11.5. The number of ether oxygens (including phenoxy) is 1. The fraction of sp³-hybridized carbons (Fsp3) is 0.208. The molecule has 0 aliphatic carbocycles. The zero-order valence-corrected chi connectivity index (χ0v) is 23.0. The summed E-state index contributed by atoms with van der Waals surface area (Å²) in [5, 5.41) is 4.18. The fourth-order valence-electron chi connectivity index (χ4n) is 3.91. The number of pyridine rings is 1. The van der Waals surface area contributed by atoms with Crippen molar-refractivity contribution in [3.05, 3.63) is 71.9 Å². The maximum atomic E-state index is 15.4. The minimum atomic E-state index is -3.42. The summed E-state index contributed by atoms with van der Waals surface area (Å²) in [4.78, 5) is 19.6. The summed E-state index contributed by atoms with van der Waals surface area (Å²) >= 11 is 6.60. The van der Waals surface area contributed by atoms with Gasteiger partial charge in [-0.2, -0.15) is 9.40 Å². The summed E-state index contributed by atoms with van der Waals surface area (Å²) in [7, 11) is 2.86. The van der Waals surface area contributed by atoms with Gasteiger partial charge in [-0.05, 0) is 35.2 Å². The van der Waals surface area contributed by atoms with E-state index in [4.69, 9.17) is 16.3 Å². The zero-order chi connectivity index (χ0) is 27.9.